The lowest BCUT2D eigenvalue weighted by molar-refractivity contribution is 0.0713. The number of fused-ring (bicyclic) bond motifs is 1. The molecule has 4 aromatic rings. The van der Waals surface area contributed by atoms with E-state index in [2.05, 4.69) is 17.0 Å². The van der Waals surface area contributed by atoms with Crippen molar-refractivity contribution in [3.8, 4) is 5.75 Å². The average molecular weight is 412 g/mol. The lowest BCUT2D eigenvalue weighted by Gasteiger charge is -2.35. The Morgan fingerprint density at radius 1 is 0.806 bits per heavy atom. The molecule has 0 N–H and O–H groups in total. The highest BCUT2D eigenvalue weighted by molar-refractivity contribution is 5.99. The van der Waals surface area contributed by atoms with Crippen molar-refractivity contribution in [1.82, 2.24) is 4.90 Å². The largest absolute Gasteiger partial charge is 0.489 e. The number of para-hydroxylation sites is 3. The molecule has 0 saturated carbocycles. The zero-order valence-electron chi connectivity index (χ0n) is 17.2. The summed E-state index contributed by atoms with van der Waals surface area (Å²) in [5.41, 5.74) is 2.70. The van der Waals surface area contributed by atoms with Crippen LogP contribution in [0.5, 0.6) is 5.75 Å². The van der Waals surface area contributed by atoms with Crippen LogP contribution in [0, 0.1) is 0 Å². The minimum atomic E-state index is -0.0735. The van der Waals surface area contributed by atoms with Gasteiger partial charge in [0.25, 0.3) is 5.91 Å². The molecule has 1 aromatic heterocycles. The topological polar surface area (TPSA) is 45.9 Å². The molecule has 1 aliphatic rings. The molecule has 0 atom stereocenters. The summed E-state index contributed by atoms with van der Waals surface area (Å²) in [6, 6.07) is 27.7. The van der Waals surface area contributed by atoms with Crippen molar-refractivity contribution in [3.05, 3.63) is 96.3 Å². The van der Waals surface area contributed by atoms with Gasteiger partial charge in [-0.2, -0.15) is 0 Å². The lowest BCUT2D eigenvalue weighted by Crippen LogP contribution is -2.48. The Balaban J connectivity index is 1.36. The van der Waals surface area contributed by atoms with Crippen LogP contribution in [0.4, 0.5) is 5.69 Å². The van der Waals surface area contributed by atoms with Gasteiger partial charge >= 0.3 is 0 Å². The van der Waals surface area contributed by atoms with E-state index >= 15 is 0 Å². The number of rotatable bonds is 5. The van der Waals surface area contributed by atoms with Gasteiger partial charge in [-0.05, 0) is 30.3 Å². The number of benzene rings is 3. The smallest absolute Gasteiger partial charge is 0.290 e. The molecule has 1 saturated heterocycles. The molecule has 1 fully saturated rings. The highest BCUT2D eigenvalue weighted by Gasteiger charge is 2.28. The minimum absolute atomic E-state index is 0.0735. The van der Waals surface area contributed by atoms with Gasteiger partial charge in [0, 0.05) is 42.8 Å². The normalized spacial score (nSPS) is 14.1. The molecule has 5 rings (SSSR count). The Hall–Kier alpha value is -3.73. The third kappa shape index (κ3) is 3.99. The van der Waals surface area contributed by atoms with Crippen LogP contribution >= 0.6 is 0 Å². The number of carbonyl (C=O) groups is 1. The van der Waals surface area contributed by atoms with Gasteiger partial charge < -0.3 is 19.0 Å². The second kappa shape index (κ2) is 8.56. The van der Waals surface area contributed by atoms with Crippen LogP contribution in [-0.4, -0.2) is 37.0 Å². The van der Waals surface area contributed by atoms with E-state index < -0.39 is 0 Å². The summed E-state index contributed by atoms with van der Waals surface area (Å²) in [6.45, 7) is 3.19. The molecule has 3 aromatic carbocycles. The van der Waals surface area contributed by atoms with Gasteiger partial charge in [0.05, 0.1) is 0 Å². The summed E-state index contributed by atoms with van der Waals surface area (Å²) >= 11 is 0. The third-order valence-corrected chi connectivity index (χ3v) is 5.71. The van der Waals surface area contributed by atoms with Crippen molar-refractivity contribution in [2.24, 2.45) is 0 Å². The Morgan fingerprint density at radius 3 is 2.19 bits per heavy atom. The highest BCUT2D eigenvalue weighted by Crippen LogP contribution is 2.29. The molecule has 0 bridgehead atoms. The predicted octanol–water partition coefficient (Wildman–Crippen LogP) is 4.97. The van der Waals surface area contributed by atoms with E-state index in [9.17, 15) is 4.79 Å². The molecular formula is C26H24N2O3. The Labute approximate surface area is 181 Å². The first-order valence-electron chi connectivity index (χ1n) is 10.6. The number of anilines is 1. The van der Waals surface area contributed by atoms with Gasteiger partial charge in [-0.15, -0.1) is 0 Å². The summed E-state index contributed by atoms with van der Waals surface area (Å²) < 4.78 is 12.0. The number of piperazine rings is 1. The standard InChI is InChI=1S/C26H24N2O3/c29-26(28-17-15-27(16-18-28)20-9-3-1-4-10-20)25-23(19-30-21-11-5-2-6-12-21)22-13-7-8-14-24(22)31-25/h1-14H,15-19H2. The highest BCUT2D eigenvalue weighted by atomic mass is 16.5. The monoisotopic (exact) mass is 412 g/mol. The van der Waals surface area contributed by atoms with E-state index in [1.165, 1.54) is 5.69 Å². The number of amides is 1. The summed E-state index contributed by atoms with van der Waals surface area (Å²) in [6.07, 6.45) is 0. The second-order valence-electron chi connectivity index (χ2n) is 7.62. The predicted molar refractivity (Wildman–Crippen MR) is 122 cm³/mol. The first-order chi connectivity index (χ1) is 15.3. The van der Waals surface area contributed by atoms with Gasteiger partial charge in [0.15, 0.2) is 5.76 Å². The van der Waals surface area contributed by atoms with Crippen molar-refractivity contribution in [2.75, 3.05) is 31.1 Å². The number of ether oxygens (including phenoxy) is 1. The van der Waals surface area contributed by atoms with Crippen molar-refractivity contribution in [3.63, 3.8) is 0 Å². The van der Waals surface area contributed by atoms with Gasteiger partial charge in [-0.1, -0.05) is 54.6 Å². The molecule has 5 nitrogen and oxygen atoms in total. The summed E-state index contributed by atoms with van der Waals surface area (Å²) in [4.78, 5) is 17.6. The zero-order chi connectivity index (χ0) is 21.0. The number of hydrogen-bond donors (Lipinski definition) is 0. The van der Waals surface area contributed by atoms with Crippen LogP contribution in [0.3, 0.4) is 0 Å². The van der Waals surface area contributed by atoms with Crippen molar-refractivity contribution >= 4 is 22.6 Å². The van der Waals surface area contributed by atoms with Crippen LogP contribution < -0.4 is 9.64 Å². The van der Waals surface area contributed by atoms with E-state index in [0.717, 1.165) is 29.8 Å². The van der Waals surface area contributed by atoms with Gasteiger partial charge in [-0.25, -0.2) is 0 Å². The number of furan rings is 1. The molecule has 31 heavy (non-hydrogen) atoms. The van der Waals surface area contributed by atoms with E-state index in [0.29, 0.717) is 24.4 Å². The molecule has 0 unspecified atom stereocenters. The maximum Gasteiger partial charge on any atom is 0.290 e. The quantitative estimate of drug-likeness (QED) is 0.464. The second-order valence-corrected chi connectivity index (χ2v) is 7.62. The molecule has 5 heteroatoms. The van der Waals surface area contributed by atoms with E-state index in [1.807, 2.05) is 77.7 Å². The molecule has 1 amide bonds. The van der Waals surface area contributed by atoms with Crippen LogP contribution in [0.15, 0.2) is 89.3 Å². The van der Waals surface area contributed by atoms with E-state index in [1.54, 1.807) is 0 Å². The SMILES string of the molecule is O=C(c1oc2ccccc2c1COc1ccccc1)N1CCN(c2ccccc2)CC1. The van der Waals surface area contributed by atoms with Crippen LogP contribution in [0.1, 0.15) is 16.1 Å². The van der Waals surface area contributed by atoms with Crippen molar-refractivity contribution in [2.45, 2.75) is 6.61 Å². The average Bonchev–Trinajstić information content (AvgIpc) is 3.22. The van der Waals surface area contributed by atoms with Crippen molar-refractivity contribution in [1.29, 1.82) is 0 Å². The van der Waals surface area contributed by atoms with E-state index in [-0.39, 0.29) is 12.5 Å². The minimum Gasteiger partial charge on any atom is -0.489 e. The van der Waals surface area contributed by atoms with Gasteiger partial charge in [0.2, 0.25) is 0 Å². The molecule has 1 aliphatic heterocycles. The lowest BCUT2D eigenvalue weighted by atomic mass is 10.1. The molecule has 0 spiro atoms. The number of hydrogen-bond acceptors (Lipinski definition) is 4. The Bertz CT molecular complexity index is 1160. The molecule has 0 aliphatic carbocycles. The summed E-state index contributed by atoms with van der Waals surface area (Å²) in [7, 11) is 0. The summed E-state index contributed by atoms with van der Waals surface area (Å²) in [5, 5.41) is 0.921. The maximum atomic E-state index is 13.4. The van der Waals surface area contributed by atoms with Gasteiger partial charge in [0.1, 0.15) is 17.9 Å². The number of nitrogens with zero attached hydrogens (tertiary/aromatic N) is 2. The molecule has 156 valence electrons. The summed E-state index contributed by atoms with van der Waals surface area (Å²) in [5.74, 6) is 1.07. The Morgan fingerprint density at radius 2 is 1.45 bits per heavy atom. The maximum absolute atomic E-state index is 13.4. The van der Waals surface area contributed by atoms with E-state index in [4.69, 9.17) is 9.15 Å². The Kier molecular flexibility index (Phi) is 5.31. The molecular weight excluding hydrogens is 388 g/mol. The molecule has 0 radical (unpaired) electrons. The zero-order valence-corrected chi connectivity index (χ0v) is 17.2. The van der Waals surface area contributed by atoms with Crippen molar-refractivity contribution < 1.29 is 13.9 Å². The third-order valence-electron chi connectivity index (χ3n) is 5.71. The first-order valence-corrected chi connectivity index (χ1v) is 10.6. The molecule has 2 heterocycles. The fourth-order valence-corrected chi connectivity index (χ4v) is 4.04. The number of carbonyl (C=O) groups excluding carboxylic acids is 1. The van der Waals surface area contributed by atoms with Crippen LogP contribution in [0.2, 0.25) is 0 Å². The van der Waals surface area contributed by atoms with Crippen LogP contribution in [0.25, 0.3) is 11.0 Å². The first kappa shape index (κ1) is 19.2. The fourth-order valence-electron chi connectivity index (χ4n) is 4.04. The van der Waals surface area contributed by atoms with Gasteiger partial charge in [-0.3, -0.25) is 4.79 Å². The van der Waals surface area contributed by atoms with Crippen LogP contribution in [-0.2, 0) is 6.61 Å². The fraction of sp³-hybridized carbons (Fsp3) is 0.192.